The van der Waals surface area contributed by atoms with Gasteiger partial charge in [0.05, 0.1) is 13.2 Å². The van der Waals surface area contributed by atoms with Gasteiger partial charge in [-0.3, -0.25) is 0 Å². The van der Waals surface area contributed by atoms with Crippen molar-refractivity contribution in [1.29, 1.82) is 0 Å². The van der Waals surface area contributed by atoms with Crippen molar-refractivity contribution in [3.8, 4) is 11.5 Å². The lowest BCUT2D eigenvalue weighted by molar-refractivity contribution is 0.103. The average Bonchev–Trinajstić information content (AvgIpc) is 2.80. The van der Waals surface area contributed by atoms with E-state index in [0.29, 0.717) is 18.0 Å². The predicted octanol–water partition coefficient (Wildman–Crippen LogP) is 4.77. The SMILES string of the molecule is CCCc1ccc(OCC(O)CNC(c2ccccc2)c2ccccc2)c(OC)c1. The number of hydrogen-bond acceptors (Lipinski definition) is 4. The van der Waals surface area contributed by atoms with Crippen LogP contribution in [0.4, 0.5) is 0 Å². The molecule has 4 heteroatoms. The Morgan fingerprint density at radius 2 is 1.50 bits per heavy atom. The van der Waals surface area contributed by atoms with Crippen LogP contribution in [0.25, 0.3) is 0 Å². The summed E-state index contributed by atoms with van der Waals surface area (Å²) in [6, 6.07) is 26.5. The van der Waals surface area contributed by atoms with Gasteiger partial charge in [-0.25, -0.2) is 0 Å². The van der Waals surface area contributed by atoms with Crippen LogP contribution in [0, 0.1) is 0 Å². The number of hydrogen-bond donors (Lipinski definition) is 2. The topological polar surface area (TPSA) is 50.7 Å². The van der Waals surface area contributed by atoms with E-state index >= 15 is 0 Å². The molecule has 2 N–H and O–H groups in total. The Balaban J connectivity index is 1.60. The summed E-state index contributed by atoms with van der Waals surface area (Å²) in [5, 5.41) is 14.0. The van der Waals surface area contributed by atoms with Gasteiger partial charge < -0.3 is 19.9 Å². The van der Waals surface area contributed by atoms with Crippen LogP contribution < -0.4 is 14.8 Å². The molecule has 0 fully saturated rings. The van der Waals surface area contributed by atoms with Crippen molar-refractivity contribution in [2.24, 2.45) is 0 Å². The summed E-state index contributed by atoms with van der Waals surface area (Å²) in [6.45, 7) is 2.75. The third-order valence-electron chi connectivity index (χ3n) is 5.02. The Bertz CT molecular complexity index is 844. The molecule has 0 bridgehead atoms. The average molecular weight is 406 g/mol. The Morgan fingerprint density at radius 1 is 0.867 bits per heavy atom. The standard InChI is InChI=1S/C26H31NO3/c1-3-10-20-15-16-24(25(17-20)29-2)30-19-23(28)18-27-26(21-11-6-4-7-12-21)22-13-8-5-9-14-22/h4-9,11-17,23,26-28H,3,10,18-19H2,1-2H3. The number of nitrogens with one attached hydrogen (secondary N) is 1. The minimum atomic E-state index is -0.653. The quantitative estimate of drug-likeness (QED) is 0.483. The zero-order valence-electron chi connectivity index (χ0n) is 17.8. The smallest absolute Gasteiger partial charge is 0.161 e. The second-order valence-electron chi connectivity index (χ2n) is 7.36. The second kappa shape index (κ2) is 11.4. The van der Waals surface area contributed by atoms with Crippen LogP contribution in [0.15, 0.2) is 78.9 Å². The van der Waals surface area contributed by atoms with Crippen molar-refractivity contribution in [3.63, 3.8) is 0 Å². The third kappa shape index (κ3) is 6.09. The summed E-state index contributed by atoms with van der Waals surface area (Å²) in [4.78, 5) is 0. The zero-order chi connectivity index (χ0) is 21.2. The van der Waals surface area contributed by atoms with Gasteiger partial charge in [-0.15, -0.1) is 0 Å². The maximum Gasteiger partial charge on any atom is 0.161 e. The molecule has 0 saturated heterocycles. The van der Waals surface area contributed by atoms with Gasteiger partial charge in [0, 0.05) is 6.54 Å². The number of methoxy groups -OCH3 is 1. The van der Waals surface area contributed by atoms with E-state index in [0.717, 1.165) is 24.0 Å². The van der Waals surface area contributed by atoms with Gasteiger partial charge >= 0.3 is 0 Å². The van der Waals surface area contributed by atoms with E-state index in [1.165, 1.54) is 5.56 Å². The van der Waals surface area contributed by atoms with Crippen molar-refractivity contribution in [2.75, 3.05) is 20.3 Å². The molecule has 4 nitrogen and oxygen atoms in total. The van der Waals surface area contributed by atoms with E-state index < -0.39 is 6.10 Å². The van der Waals surface area contributed by atoms with E-state index in [1.54, 1.807) is 7.11 Å². The number of aliphatic hydroxyl groups excluding tert-OH is 1. The van der Waals surface area contributed by atoms with E-state index in [9.17, 15) is 5.11 Å². The van der Waals surface area contributed by atoms with Gasteiger partial charge in [-0.1, -0.05) is 80.1 Å². The van der Waals surface area contributed by atoms with Crippen molar-refractivity contribution in [3.05, 3.63) is 95.6 Å². The molecular weight excluding hydrogens is 374 g/mol. The van der Waals surface area contributed by atoms with Crippen molar-refractivity contribution in [1.82, 2.24) is 5.32 Å². The third-order valence-corrected chi connectivity index (χ3v) is 5.02. The molecular formula is C26H31NO3. The molecule has 0 amide bonds. The van der Waals surface area contributed by atoms with Crippen LogP contribution in [0.3, 0.4) is 0 Å². The van der Waals surface area contributed by atoms with E-state index in [1.807, 2.05) is 54.6 Å². The lowest BCUT2D eigenvalue weighted by Crippen LogP contribution is -2.34. The van der Waals surface area contributed by atoms with Crippen LogP contribution in [0.5, 0.6) is 11.5 Å². The molecule has 1 atom stereocenters. The van der Waals surface area contributed by atoms with Gasteiger partial charge in [0.1, 0.15) is 12.7 Å². The van der Waals surface area contributed by atoms with Gasteiger partial charge in [0.2, 0.25) is 0 Å². The molecule has 0 aliphatic heterocycles. The highest BCUT2D eigenvalue weighted by atomic mass is 16.5. The van der Waals surface area contributed by atoms with Crippen molar-refractivity contribution >= 4 is 0 Å². The van der Waals surface area contributed by atoms with Crippen molar-refractivity contribution < 1.29 is 14.6 Å². The number of aliphatic hydroxyl groups is 1. The van der Waals surface area contributed by atoms with Gasteiger partial charge in [-0.05, 0) is 35.2 Å². The Labute approximate surface area is 179 Å². The Morgan fingerprint density at radius 3 is 2.07 bits per heavy atom. The first-order valence-corrected chi connectivity index (χ1v) is 10.5. The molecule has 3 rings (SSSR count). The molecule has 30 heavy (non-hydrogen) atoms. The summed E-state index contributed by atoms with van der Waals surface area (Å²) >= 11 is 0. The fraction of sp³-hybridized carbons (Fsp3) is 0.308. The maximum atomic E-state index is 10.5. The minimum absolute atomic E-state index is 0.00455. The highest BCUT2D eigenvalue weighted by Crippen LogP contribution is 2.28. The number of benzene rings is 3. The maximum absolute atomic E-state index is 10.5. The molecule has 0 heterocycles. The molecule has 0 aliphatic rings. The minimum Gasteiger partial charge on any atom is -0.493 e. The molecule has 3 aromatic carbocycles. The number of ether oxygens (including phenoxy) is 2. The molecule has 0 saturated carbocycles. The van der Waals surface area contributed by atoms with Crippen LogP contribution in [-0.4, -0.2) is 31.5 Å². The summed E-state index contributed by atoms with van der Waals surface area (Å²) in [7, 11) is 1.64. The second-order valence-corrected chi connectivity index (χ2v) is 7.36. The van der Waals surface area contributed by atoms with Crippen molar-refractivity contribution in [2.45, 2.75) is 31.9 Å². The highest BCUT2D eigenvalue weighted by Gasteiger charge is 2.16. The zero-order valence-corrected chi connectivity index (χ0v) is 17.8. The van der Waals surface area contributed by atoms with Gasteiger partial charge in [0.25, 0.3) is 0 Å². The monoisotopic (exact) mass is 405 g/mol. The first-order valence-electron chi connectivity index (χ1n) is 10.5. The summed E-state index contributed by atoms with van der Waals surface area (Å²) in [5.74, 6) is 1.35. The molecule has 0 aromatic heterocycles. The lowest BCUT2D eigenvalue weighted by atomic mass is 9.98. The first-order chi connectivity index (χ1) is 14.7. The highest BCUT2D eigenvalue weighted by molar-refractivity contribution is 5.43. The van der Waals surface area contributed by atoms with E-state index in [4.69, 9.17) is 9.47 Å². The van der Waals surface area contributed by atoms with Gasteiger partial charge in [0.15, 0.2) is 11.5 Å². The molecule has 1 unspecified atom stereocenters. The largest absolute Gasteiger partial charge is 0.493 e. The fourth-order valence-electron chi connectivity index (χ4n) is 3.49. The summed E-state index contributed by atoms with van der Waals surface area (Å²) in [5.41, 5.74) is 3.53. The summed E-state index contributed by atoms with van der Waals surface area (Å²) in [6.07, 6.45) is 1.43. The van der Waals surface area contributed by atoms with E-state index in [2.05, 4.69) is 36.5 Å². The predicted molar refractivity (Wildman–Crippen MR) is 121 cm³/mol. The Hall–Kier alpha value is -2.82. The summed E-state index contributed by atoms with van der Waals surface area (Å²) < 4.78 is 11.3. The van der Waals surface area contributed by atoms with Crippen LogP contribution in [0.2, 0.25) is 0 Å². The molecule has 0 spiro atoms. The normalized spacial score (nSPS) is 12.0. The van der Waals surface area contributed by atoms with E-state index in [-0.39, 0.29) is 12.6 Å². The van der Waals surface area contributed by atoms with Gasteiger partial charge in [-0.2, -0.15) is 0 Å². The molecule has 0 aliphatic carbocycles. The fourth-order valence-corrected chi connectivity index (χ4v) is 3.49. The van der Waals surface area contributed by atoms with Crippen LogP contribution >= 0.6 is 0 Å². The number of rotatable bonds is 11. The Kier molecular flexibility index (Phi) is 8.30. The first kappa shape index (κ1) is 21.9. The molecule has 158 valence electrons. The lowest BCUT2D eigenvalue weighted by Gasteiger charge is -2.22. The number of aryl methyl sites for hydroxylation is 1. The molecule has 3 aromatic rings. The van der Waals surface area contributed by atoms with Crippen LogP contribution in [-0.2, 0) is 6.42 Å². The van der Waals surface area contributed by atoms with Crippen LogP contribution in [0.1, 0.15) is 36.1 Å². The molecule has 0 radical (unpaired) electrons.